The van der Waals surface area contributed by atoms with E-state index >= 15 is 0 Å². The summed E-state index contributed by atoms with van der Waals surface area (Å²) in [5.74, 6) is 0.732. The molecule has 0 saturated heterocycles. The average molecular weight is 561 g/mol. The molecule has 1 fully saturated rings. The Bertz CT molecular complexity index is 1390. The second kappa shape index (κ2) is 11.3. The van der Waals surface area contributed by atoms with Gasteiger partial charge in [0.2, 0.25) is 5.91 Å². The van der Waals surface area contributed by atoms with Crippen LogP contribution in [-0.4, -0.2) is 23.8 Å². The van der Waals surface area contributed by atoms with Crippen LogP contribution in [-0.2, 0) is 17.8 Å². The Hall–Kier alpha value is -3.45. The summed E-state index contributed by atoms with van der Waals surface area (Å²) in [4.78, 5) is 31.4. The zero-order chi connectivity index (χ0) is 25.8. The van der Waals surface area contributed by atoms with Crippen molar-refractivity contribution in [2.24, 2.45) is 5.92 Å². The van der Waals surface area contributed by atoms with Crippen LogP contribution in [0.4, 0.5) is 11.6 Å². The van der Waals surface area contributed by atoms with Crippen LogP contribution >= 0.6 is 15.9 Å². The lowest BCUT2D eigenvalue weighted by molar-refractivity contribution is -0.656. The number of hydrogen-bond acceptors (Lipinski definition) is 2. The molecule has 0 bridgehead atoms. The normalized spacial score (nSPS) is 14.0. The summed E-state index contributed by atoms with van der Waals surface area (Å²) < 4.78 is 3.03. The van der Waals surface area contributed by atoms with E-state index in [2.05, 4.69) is 42.9 Å². The lowest BCUT2D eigenvalue weighted by Gasteiger charge is -2.26. The van der Waals surface area contributed by atoms with Gasteiger partial charge in [-0.05, 0) is 54.8 Å². The molecule has 2 N–H and O–H groups in total. The van der Waals surface area contributed by atoms with Crippen LogP contribution in [0.15, 0.2) is 77.3 Å². The van der Waals surface area contributed by atoms with Crippen LogP contribution in [0.25, 0.3) is 11.0 Å². The van der Waals surface area contributed by atoms with Gasteiger partial charge in [-0.2, -0.15) is 0 Å². The van der Waals surface area contributed by atoms with E-state index in [1.54, 1.807) is 17.0 Å². The van der Waals surface area contributed by atoms with Crippen LogP contribution in [0.5, 0.6) is 0 Å². The number of fused-ring (bicyclic) bond motifs is 1. The number of nitrogens with zero attached hydrogens (tertiary/aromatic N) is 2. The number of aromatic amines is 1. The highest BCUT2D eigenvalue weighted by Gasteiger charge is 2.26. The SMILES string of the molecule is CN(C(=O)C1CCCCC1)c1ccc2c(c1)[nH]c(NC(=O)c1ccc(Br)cc1)[n+]2CCc1ccccc1. The average Bonchev–Trinajstić information content (AvgIpc) is 3.28. The summed E-state index contributed by atoms with van der Waals surface area (Å²) in [5.41, 5.74) is 4.51. The van der Waals surface area contributed by atoms with Crippen molar-refractivity contribution in [2.75, 3.05) is 17.3 Å². The standard InChI is InChI=1S/C30H31BrN4O2/c1-34(29(37)23-10-6-3-7-11-23)25-16-17-27-26(20-25)32-30(33-28(36)22-12-14-24(31)15-13-22)35(27)19-18-21-8-4-2-5-9-21/h2,4-5,8-9,12-17,20,23H,3,6-7,10-11,18-19H2,1H3,(H,32,33,36)/p+1. The van der Waals surface area contributed by atoms with Crippen molar-refractivity contribution in [3.63, 3.8) is 0 Å². The fourth-order valence-electron chi connectivity index (χ4n) is 5.13. The van der Waals surface area contributed by atoms with Gasteiger partial charge in [0.15, 0.2) is 0 Å². The minimum Gasteiger partial charge on any atom is -0.315 e. The Morgan fingerprint density at radius 1 is 1.00 bits per heavy atom. The fourth-order valence-corrected chi connectivity index (χ4v) is 5.40. The number of H-pyrrole nitrogens is 1. The van der Waals surface area contributed by atoms with Crippen molar-refractivity contribution in [3.8, 4) is 0 Å². The number of carbonyl (C=O) groups excluding carboxylic acids is 2. The first-order chi connectivity index (χ1) is 18.0. The molecule has 2 amide bonds. The molecule has 1 heterocycles. The molecule has 1 aromatic heterocycles. The Kier molecular flexibility index (Phi) is 7.70. The first-order valence-corrected chi connectivity index (χ1v) is 13.7. The molecule has 0 atom stereocenters. The number of aromatic nitrogens is 2. The molecule has 0 spiro atoms. The predicted molar refractivity (Wildman–Crippen MR) is 151 cm³/mol. The van der Waals surface area contributed by atoms with Gasteiger partial charge in [-0.3, -0.25) is 9.59 Å². The number of hydrogen-bond donors (Lipinski definition) is 2. The van der Waals surface area contributed by atoms with E-state index in [0.29, 0.717) is 18.1 Å². The van der Waals surface area contributed by atoms with Crippen LogP contribution in [0.2, 0.25) is 0 Å². The maximum atomic E-state index is 13.1. The minimum atomic E-state index is -0.183. The molecule has 5 rings (SSSR count). The largest absolute Gasteiger partial charge is 0.363 e. The number of nitrogens with one attached hydrogen (secondary N) is 2. The van der Waals surface area contributed by atoms with E-state index in [0.717, 1.165) is 53.3 Å². The minimum absolute atomic E-state index is 0.106. The van der Waals surface area contributed by atoms with E-state index in [4.69, 9.17) is 0 Å². The molecule has 7 heteroatoms. The van der Waals surface area contributed by atoms with Gasteiger partial charge in [-0.25, -0.2) is 14.9 Å². The molecule has 1 aliphatic rings. The summed E-state index contributed by atoms with van der Waals surface area (Å²) in [6.07, 6.45) is 6.24. The number of rotatable bonds is 7. The van der Waals surface area contributed by atoms with E-state index in [1.165, 1.54) is 12.0 Å². The maximum absolute atomic E-state index is 13.1. The number of aryl methyl sites for hydroxylation is 2. The topological polar surface area (TPSA) is 69.1 Å². The van der Waals surface area contributed by atoms with Crippen molar-refractivity contribution in [1.82, 2.24) is 4.98 Å². The molecule has 0 radical (unpaired) electrons. The molecule has 3 aromatic carbocycles. The van der Waals surface area contributed by atoms with Gasteiger partial charge in [0.05, 0.1) is 12.1 Å². The summed E-state index contributed by atoms with van der Waals surface area (Å²) in [6, 6.07) is 23.6. The monoisotopic (exact) mass is 559 g/mol. The quantitative estimate of drug-likeness (QED) is 0.262. The fraction of sp³-hybridized carbons (Fsp3) is 0.300. The maximum Gasteiger partial charge on any atom is 0.363 e. The van der Waals surface area contributed by atoms with E-state index in [9.17, 15) is 9.59 Å². The van der Waals surface area contributed by atoms with Gasteiger partial charge in [-0.1, -0.05) is 65.5 Å². The zero-order valence-corrected chi connectivity index (χ0v) is 22.6. The summed E-state index contributed by atoms with van der Waals surface area (Å²) in [6.45, 7) is 0.691. The van der Waals surface area contributed by atoms with Gasteiger partial charge < -0.3 is 4.90 Å². The van der Waals surface area contributed by atoms with Crippen LogP contribution < -0.4 is 14.8 Å². The Morgan fingerprint density at radius 2 is 1.73 bits per heavy atom. The molecule has 1 saturated carbocycles. The first kappa shape index (κ1) is 25.2. The third kappa shape index (κ3) is 5.77. The van der Waals surface area contributed by atoms with Crippen molar-refractivity contribution in [2.45, 2.75) is 45.1 Å². The van der Waals surface area contributed by atoms with Crippen molar-refractivity contribution < 1.29 is 14.2 Å². The Balaban J connectivity index is 1.45. The molecule has 1 aliphatic carbocycles. The lowest BCUT2D eigenvalue weighted by atomic mass is 9.88. The summed E-state index contributed by atoms with van der Waals surface area (Å²) >= 11 is 3.42. The molecular weight excluding hydrogens is 528 g/mol. The van der Waals surface area contributed by atoms with Gasteiger partial charge in [0, 0.05) is 35.6 Å². The summed E-state index contributed by atoms with van der Waals surface area (Å²) in [5, 5.41) is 3.07. The van der Waals surface area contributed by atoms with Crippen LogP contribution in [0.3, 0.4) is 0 Å². The number of carbonyl (C=O) groups is 2. The van der Waals surface area contributed by atoms with E-state index in [-0.39, 0.29) is 17.7 Å². The van der Waals surface area contributed by atoms with E-state index in [1.807, 2.05) is 55.6 Å². The van der Waals surface area contributed by atoms with Crippen molar-refractivity contribution in [3.05, 3.63) is 88.4 Å². The molecule has 37 heavy (non-hydrogen) atoms. The highest BCUT2D eigenvalue weighted by molar-refractivity contribution is 9.10. The highest BCUT2D eigenvalue weighted by atomic mass is 79.9. The number of halogens is 1. The lowest BCUT2D eigenvalue weighted by Crippen LogP contribution is -2.38. The molecule has 6 nitrogen and oxygen atoms in total. The van der Waals surface area contributed by atoms with Gasteiger partial charge in [0.1, 0.15) is 11.0 Å². The molecule has 0 aliphatic heterocycles. The second-order valence-corrected chi connectivity index (χ2v) is 10.7. The molecular formula is C30H32BrN4O2+. The van der Waals surface area contributed by atoms with Crippen LogP contribution in [0.1, 0.15) is 48.0 Å². The first-order valence-electron chi connectivity index (χ1n) is 12.9. The van der Waals surface area contributed by atoms with Crippen LogP contribution in [0, 0.1) is 5.92 Å². The number of imidazole rings is 1. The third-order valence-electron chi connectivity index (χ3n) is 7.27. The molecule has 0 unspecified atom stereocenters. The molecule has 4 aromatic rings. The molecule has 190 valence electrons. The Morgan fingerprint density at radius 3 is 2.46 bits per heavy atom. The second-order valence-electron chi connectivity index (χ2n) is 9.76. The summed E-state index contributed by atoms with van der Waals surface area (Å²) in [7, 11) is 1.86. The number of amides is 2. The van der Waals surface area contributed by atoms with Crippen molar-refractivity contribution >= 4 is 50.4 Å². The van der Waals surface area contributed by atoms with Gasteiger partial charge >= 0.3 is 11.9 Å². The zero-order valence-electron chi connectivity index (χ0n) is 21.0. The number of benzene rings is 3. The van der Waals surface area contributed by atoms with Gasteiger partial charge in [0.25, 0.3) is 0 Å². The Labute approximate surface area is 225 Å². The van der Waals surface area contributed by atoms with Crippen molar-refractivity contribution in [1.29, 1.82) is 0 Å². The smallest absolute Gasteiger partial charge is 0.315 e. The van der Waals surface area contributed by atoms with Gasteiger partial charge in [-0.15, -0.1) is 0 Å². The third-order valence-corrected chi connectivity index (χ3v) is 7.80. The predicted octanol–water partition coefficient (Wildman–Crippen LogP) is 6.26. The van der Waals surface area contributed by atoms with E-state index < -0.39 is 0 Å². The highest BCUT2D eigenvalue weighted by Crippen LogP contribution is 2.28. The number of anilines is 2.